The lowest BCUT2D eigenvalue weighted by Crippen LogP contribution is -2.17. The van der Waals surface area contributed by atoms with Gasteiger partial charge in [0.25, 0.3) is 0 Å². The zero-order valence-electron chi connectivity index (χ0n) is 10.8. The molecule has 0 atom stereocenters. The number of rotatable bonds is 4. The van der Waals surface area contributed by atoms with E-state index < -0.39 is 23.4 Å². The SMILES string of the molecule is Fc1ccc(CNCc2ccccc2C(F)(F)F)cc1F. The highest BCUT2D eigenvalue weighted by Crippen LogP contribution is 2.31. The maximum Gasteiger partial charge on any atom is 0.416 e. The van der Waals surface area contributed by atoms with Crippen LogP contribution in [-0.4, -0.2) is 0 Å². The second kappa shape index (κ2) is 6.22. The third-order valence-electron chi connectivity index (χ3n) is 2.95. The third kappa shape index (κ3) is 4.01. The molecular formula is C15H12F5N. The molecule has 0 spiro atoms. The molecule has 2 aromatic rings. The van der Waals surface area contributed by atoms with Crippen molar-refractivity contribution in [3.05, 3.63) is 70.8 Å². The summed E-state index contributed by atoms with van der Waals surface area (Å²) in [4.78, 5) is 0. The van der Waals surface area contributed by atoms with Crippen LogP contribution in [0.1, 0.15) is 16.7 Å². The van der Waals surface area contributed by atoms with Crippen molar-refractivity contribution in [1.82, 2.24) is 5.32 Å². The van der Waals surface area contributed by atoms with Gasteiger partial charge >= 0.3 is 6.18 Å². The van der Waals surface area contributed by atoms with Crippen LogP contribution < -0.4 is 5.32 Å². The topological polar surface area (TPSA) is 12.0 Å². The number of alkyl halides is 3. The summed E-state index contributed by atoms with van der Waals surface area (Å²) in [5.41, 5.74) is -0.145. The zero-order chi connectivity index (χ0) is 15.5. The van der Waals surface area contributed by atoms with Gasteiger partial charge in [-0.05, 0) is 29.3 Å². The fraction of sp³-hybridized carbons (Fsp3) is 0.200. The van der Waals surface area contributed by atoms with Crippen LogP contribution in [0.2, 0.25) is 0 Å². The molecule has 112 valence electrons. The average Bonchev–Trinajstić information content (AvgIpc) is 2.42. The molecule has 0 bridgehead atoms. The fourth-order valence-electron chi connectivity index (χ4n) is 1.94. The molecule has 0 heterocycles. The van der Waals surface area contributed by atoms with Gasteiger partial charge in [-0.25, -0.2) is 8.78 Å². The van der Waals surface area contributed by atoms with E-state index in [1.54, 1.807) is 0 Å². The summed E-state index contributed by atoms with van der Waals surface area (Å²) in [7, 11) is 0. The van der Waals surface area contributed by atoms with Crippen LogP contribution in [0.5, 0.6) is 0 Å². The van der Waals surface area contributed by atoms with Gasteiger partial charge in [0.2, 0.25) is 0 Å². The van der Waals surface area contributed by atoms with Crippen LogP contribution in [0.15, 0.2) is 42.5 Å². The third-order valence-corrected chi connectivity index (χ3v) is 2.95. The zero-order valence-corrected chi connectivity index (χ0v) is 10.8. The van der Waals surface area contributed by atoms with E-state index in [4.69, 9.17) is 0 Å². The molecule has 21 heavy (non-hydrogen) atoms. The van der Waals surface area contributed by atoms with Crippen molar-refractivity contribution in [1.29, 1.82) is 0 Å². The largest absolute Gasteiger partial charge is 0.416 e. The maximum absolute atomic E-state index is 13.0. The van der Waals surface area contributed by atoms with Crippen LogP contribution in [0.4, 0.5) is 22.0 Å². The molecule has 0 aliphatic heterocycles. The average molecular weight is 301 g/mol. The first-order valence-corrected chi connectivity index (χ1v) is 6.17. The Hall–Kier alpha value is -1.95. The Bertz CT molecular complexity index is 622. The molecule has 1 nitrogen and oxygen atoms in total. The molecule has 2 aromatic carbocycles. The van der Waals surface area contributed by atoms with Crippen LogP contribution in [0, 0.1) is 11.6 Å². The summed E-state index contributed by atoms with van der Waals surface area (Å²) in [6, 6.07) is 8.59. The standard InChI is InChI=1S/C15H12F5N/c16-13-6-5-10(7-14(13)17)8-21-9-11-3-1-2-4-12(11)15(18,19)20/h1-7,21H,8-9H2. The van der Waals surface area contributed by atoms with Crippen molar-refractivity contribution in [3.63, 3.8) is 0 Å². The van der Waals surface area contributed by atoms with Gasteiger partial charge in [0, 0.05) is 13.1 Å². The smallest absolute Gasteiger partial charge is 0.309 e. The fourth-order valence-corrected chi connectivity index (χ4v) is 1.94. The monoisotopic (exact) mass is 301 g/mol. The molecule has 6 heteroatoms. The molecule has 0 radical (unpaired) electrons. The van der Waals surface area contributed by atoms with Gasteiger partial charge in [0.1, 0.15) is 0 Å². The van der Waals surface area contributed by atoms with E-state index in [-0.39, 0.29) is 18.7 Å². The minimum Gasteiger partial charge on any atom is -0.309 e. The predicted molar refractivity (Wildman–Crippen MR) is 68.3 cm³/mol. The van der Waals surface area contributed by atoms with Gasteiger partial charge in [-0.15, -0.1) is 0 Å². The van der Waals surface area contributed by atoms with E-state index in [9.17, 15) is 22.0 Å². The summed E-state index contributed by atoms with van der Waals surface area (Å²) in [6.07, 6.45) is -4.42. The van der Waals surface area contributed by atoms with Crippen molar-refractivity contribution in [3.8, 4) is 0 Å². The van der Waals surface area contributed by atoms with Crippen LogP contribution in [0.3, 0.4) is 0 Å². The van der Waals surface area contributed by atoms with Crippen molar-refractivity contribution >= 4 is 0 Å². The van der Waals surface area contributed by atoms with Gasteiger partial charge in [0.05, 0.1) is 5.56 Å². The summed E-state index contributed by atoms with van der Waals surface area (Å²) >= 11 is 0. The van der Waals surface area contributed by atoms with E-state index in [1.807, 2.05) is 0 Å². The van der Waals surface area contributed by atoms with E-state index in [1.165, 1.54) is 24.3 Å². The summed E-state index contributed by atoms with van der Waals surface area (Å²) in [5, 5.41) is 2.79. The predicted octanol–water partition coefficient (Wildman–Crippen LogP) is 4.27. The van der Waals surface area contributed by atoms with Crippen LogP contribution >= 0.6 is 0 Å². The van der Waals surface area contributed by atoms with Crippen molar-refractivity contribution in [2.24, 2.45) is 0 Å². The second-order valence-corrected chi connectivity index (χ2v) is 4.51. The quantitative estimate of drug-likeness (QED) is 0.831. The van der Waals surface area contributed by atoms with E-state index in [0.29, 0.717) is 5.56 Å². The van der Waals surface area contributed by atoms with Gasteiger partial charge < -0.3 is 5.32 Å². The lowest BCUT2D eigenvalue weighted by atomic mass is 10.1. The Morgan fingerprint density at radius 1 is 0.857 bits per heavy atom. The Labute approximate surface area is 118 Å². The number of halogens is 5. The molecule has 2 rings (SSSR count). The van der Waals surface area contributed by atoms with E-state index >= 15 is 0 Å². The summed E-state index contributed by atoms with van der Waals surface area (Å²) in [6.45, 7) is 0.123. The summed E-state index contributed by atoms with van der Waals surface area (Å²) in [5.74, 6) is -1.94. The van der Waals surface area contributed by atoms with Gasteiger partial charge in [0.15, 0.2) is 11.6 Å². The maximum atomic E-state index is 13.0. The second-order valence-electron chi connectivity index (χ2n) is 4.51. The highest BCUT2D eigenvalue weighted by atomic mass is 19.4. The normalized spacial score (nSPS) is 11.7. The van der Waals surface area contributed by atoms with Gasteiger partial charge in [-0.2, -0.15) is 13.2 Å². The minimum absolute atomic E-state index is 0.0192. The molecule has 0 aliphatic carbocycles. The van der Waals surface area contributed by atoms with Crippen molar-refractivity contribution in [2.45, 2.75) is 19.3 Å². The number of nitrogens with one attached hydrogen (secondary N) is 1. The Morgan fingerprint density at radius 3 is 2.24 bits per heavy atom. The molecule has 0 aromatic heterocycles. The molecule has 1 N–H and O–H groups in total. The van der Waals surface area contributed by atoms with Crippen molar-refractivity contribution in [2.75, 3.05) is 0 Å². The molecule has 0 amide bonds. The Morgan fingerprint density at radius 2 is 1.57 bits per heavy atom. The summed E-state index contributed by atoms with van der Waals surface area (Å²) < 4.78 is 64.1. The minimum atomic E-state index is -4.42. The number of hydrogen-bond acceptors (Lipinski definition) is 1. The van der Waals surface area contributed by atoms with Gasteiger partial charge in [-0.3, -0.25) is 0 Å². The number of benzene rings is 2. The first-order valence-electron chi connectivity index (χ1n) is 6.17. The first-order chi connectivity index (χ1) is 9.88. The molecular weight excluding hydrogens is 289 g/mol. The lowest BCUT2D eigenvalue weighted by Gasteiger charge is -2.13. The van der Waals surface area contributed by atoms with E-state index in [2.05, 4.69) is 5.32 Å². The molecule has 0 unspecified atom stereocenters. The molecule has 0 saturated heterocycles. The molecule has 0 fully saturated rings. The Kier molecular flexibility index (Phi) is 4.57. The molecule has 0 aliphatic rings. The van der Waals surface area contributed by atoms with Crippen molar-refractivity contribution < 1.29 is 22.0 Å². The van der Waals surface area contributed by atoms with Gasteiger partial charge in [-0.1, -0.05) is 24.3 Å². The van der Waals surface area contributed by atoms with Crippen LogP contribution in [-0.2, 0) is 19.3 Å². The molecule has 0 saturated carbocycles. The number of hydrogen-bond donors (Lipinski definition) is 1. The highest BCUT2D eigenvalue weighted by molar-refractivity contribution is 5.29. The Balaban J connectivity index is 2.02. The van der Waals surface area contributed by atoms with Crippen LogP contribution in [0.25, 0.3) is 0 Å². The van der Waals surface area contributed by atoms with E-state index in [0.717, 1.165) is 18.2 Å². The highest BCUT2D eigenvalue weighted by Gasteiger charge is 2.32. The lowest BCUT2D eigenvalue weighted by molar-refractivity contribution is -0.138. The first kappa shape index (κ1) is 15.4.